The highest BCUT2D eigenvalue weighted by molar-refractivity contribution is 6.07. The van der Waals surface area contributed by atoms with Crippen molar-refractivity contribution < 1.29 is 28.2 Å². The second kappa shape index (κ2) is 9.50. The summed E-state index contributed by atoms with van der Waals surface area (Å²) in [5.74, 6) is -2.09. The van der Waals surface area contributed by atoms with Crippen LogP contribution in [0.15, 0.2) is 48.7 Å². The van der Waals surface area contributed by atoms with E-state index in [1.807, 2.05) is 24.0 Å². The number of aromatic nitrogens is 1. The Balaban J connectivity index is 1.65. The van der Waals surface area contributed by atoms with Gasteiger partial charge in [0.05, 0.1) is 23.9 Å². The van der Waals surface area contributed by atoms with Gasteiger partial charge in [-0.15, -0.1) is 0 Å². The number of carbonyl (C=O) groups excluding carboxylic acids is 1. The molecule has 0 radical (unpaired) electrons. The van der Waals surface area contributed by atoms with E-state index in [4.69, 9.17) is 9.47 Å². The predicted molar refractivity (Wildman–Crippen MR) is 129 cm³/mol. The van der Waals surface area contributed by atoms with Crippen molar-refractivity contribution in [3.05, 3.63) is 71.4 Å². The van der Waals surface area contributed by atoms with Crippen LogP contribution in [0, 0.1) is 18.6 Å². The minimum absolute atomic E-state index is 0.0648. The Labute approximate surface area is 202 Å². The number of hydrogen-bond donors (Lipinski definition) is 2. The first-order chi connectivity index (χ1) is 16.6. The Kier molecular flexibility index (Phi) is 6.62. The lowest BCUT2D eigenvalue weighted by atomic mass is 10.1. The molecule has 3 aromatic rings. The van der Waals surface area contributed by atoms with Gasteiger partial charge in [-0.2, -0.15) is 0 Å². The number of nitrogens with zero attached hydrogens (tertiary/aromatic N) is 2. The molecule has 1 amide bonds. The molecule has 1 aliphatic rings. The van der Waals surface area contributed by atoms with Gasteiger partial charge in [-0.3, -0.25) is 4.79 Å². The number of para-hydroxylation sites is 1. The maximum atomic E-state index is 14.5. The van der Waals surface area contributed by atoms with Crippen LogP contribution in [0.25, 0.3) is 0 Å². The van der Waals surface area contributed by atoms with Gasteiger partial charge >= 0.3 is 0 Å². The number of rotatable bonds is 5. The van der Waals surface area contributed by atoms with E-state index >= 15 is 0 Å². The van der Waals surface area contributed by atoms with Crippen LogP contribution in [-0.4, -0.2) is 40.9 Å². The zero-order valence-electron chi connectivity index (χ0n) is 19.9. The SMILES string of the molecule is Cc1ccc(N2c3cccc(C(=O)Nc4cc(F)c(OC(C)(C)C)c(F)c4)c3OC[C@@H]2CO)nc1. The molecule has 0 unspecified atom stereocenters. The van der Waals surface area contributed by atoms with E-state index < -0.39 is 34.9 Å². The number of halogens is 2. The highest BCUT2D eigenvalue weighted by atomic mass is 19.1. The number of aliphatic hydroxyl groups excluding tert-OH is 1. The molecule has 4 rings (SSSR count). The maximum absolute atomic E-state index is 14.5. The van der Waals surface area contributed by atoms with Gasteiger partial charge in [0.2, 0.25) is 0 Å². The third kappa shape index (κ3) is 5.19. The summed E-state index contributed by atoms with van der Waals surface area (Å²) in [6.07, 6.45) is 1.71. The highest BCUT2D eigenvalue weighted by Gasteiger charge is 2.32. The van der Waals surface area contributed by atoms with Gasteiger partial charge < -0.3 is 24.8 Å². The number of pyridine rings is 1. The molecule has 0 spiro atoms. The number of carbonyl (C=O) groups is 1. The van der Waals surface area contributed by atoms with Gasteiger partial charge in [-0.1, -0.05) is 12.1 Å². The van der Waals surface area contributed by atoms with Gasteiger partial charge in [0, 0.05) is 24.0 Å². The molecule has 0 bridgehead atoms. The average Bonchev–Trinajstić information content (AvgIpc) is 2.80. The number of fused-ring (bicyclic) bond motifs is 1. The van der Waals surface area contributed by atoms with Crippen LogP contribution >= 0.6 is 0 Å². The maximum Gasteiger partial charge on any atom is 0.259 e. The lowest BCUT2D eigenvalue weighted by molar-refractivity contribution is 0.102. The molecule has 1 aliphatic heterocycles. The van der Waals surface area contributed by atoms with Gasteiger partial charge in [0.15, 0.2) is 23.1 Å². The van der Waals surface area contributed by atoms with E-state index in [1.54, 1.807) is 45.2 Å². The number of aryl methyl sites for hydroxylation is 1. The van der Waals surface area contributed by atoms with E-state index in [9.17, 15) is 18.7 Å². The topological polar surface area (TPSA) is 83.9 Å². The number of anilines is 3. The summed E-state index contributed by atoms with van der Waals surface area (Å²) >= 11 is 0. The second-order valence-corrected chi connectivity index (χ2v) is 9.30. The van der Waals surface area contributed by atoms with Crippen molar-refractivity contribution in [2.45, 2.75) is 39.3 Å². The molecule has 35 heavy (non-hydrogen) atoms. The van der Waals surface area contributed by atoms with Crippen molar-refractivity contribution in [3.63, 3.8) is 0 Å². The fraction of sp³-hybridized carbons (Fsp3) is 0.308. The monoisotopic (exact) mass is 483 g/mol. The summed E-state index contributed by atoms with van der Waals surface area (Å²) in [4.78, 5) is 19.4. The smallest absolute Gasteiger partial charge is 0.259 e. The van der Waals surface area contributed by atoms with Crippen molar-refractivity contribution in [1.82, 2.24) is 4.98 Å². The fourth-order valence-corrected chi connectivity index (χ4v) is 3.78. The summed E-state index contributed by atoms with van der Waals surface area (Å²) in [6.45, 7) is 6.88. The molecule has 0 fully saturated rings. The van der Waals surface area contributed by atoms with E-state index in [2.05, 4.69) is 10.3 Å². The van der Waals surface area contributed by atoms with Crippen molar-refractivity contribution >= 4 is 23.1 Å². The summed E-state index contributed by atoms with van der Waals surface area (Å²) < 4.78 is 40.3. The number of ether oxygens (including phenoxy) is 2. The zero-order valence-corrected chi connectivity index (χ0v) is 19.9. The van der Waals surface area contributed by atoms with Crippen LogP contribution < -0.4 is 19.7 Å². The van der Waals surface area contributed by atoms with E-state index in [0.29, 0.717) is 11.5 Å². The number of aliphatic hydroxyl groups is 1. The molecular formula is C26H27F2N3O4. The first kappa shape index (κ1) is 24.4. The summed E-state index contributed by atoms with van der Waals surface area (Å²) in [7, 11) is 0. The minimum Gasteiger partial charge on any atom is -0.488 e. The molecule has 7 nitrogen and oxygen atoms in total. The first-order valence-electron chi connectivity index (χ1n) is 11.2. The largest absolute Gasteiger partial charge is 0.488 e. The third-order valence-electron chi connectivity index (χ3n) is 5.30. The first-order valence-corrected chi connectivity index (χ1v) is 11.2. The molecule has 2 heterocycles. The predicted octanol–water partition coefficient (Wildman–Crippen LogP) is 4.99. The second-order valence-electron chi connectivity index (χ2n) is 9.30. The number of nitrogens with one attached hydrogen (secondary N) is 1. The van der Waals surface area contributed by atoms with E-state index in [1.165, 1.54) is 0 Å². The molecule has 0 saturated heterocycles. The van der Waals surface area contributed by atoms with Crippen LogP contribution in [0.4, 0.5) is 26.0 Å². The van der Waals surface area contributed by atoms with Crippen LogP contribution in [0.5, 0.6) is 11.5 Å². The molecule has 184 valence electrons. The normalized spacial score (nSPS) is 15.3. The molecule has 1 atom stereocenters. The number of hydrogen-bond acceptors (Lipinski definition) is 6. The molecule has 1 aromatic heterocycles. The molecule has 2 N–H and O–H groups in total. The van der Waals surface area contributed by atoms with E-state index in [0.717, 1.165) is 17.7 Å². The number of amides is 1. The Bertz CT molecular complexity index is 1220. The van der Waals surface area contributed by atoms with Gasteiger partial charge in [-0.05, 0) is 51.5 Å². The summed E-state index contributed by atoms with van der Waals surface area (Å²) in [6, 6.07) is 10.3. The van der Waals surface area contributed by atoms with Gasteiger partial charge in [-0.25, -0.2) is 13.8 Å². The Morgan fingerprint density at radius 3 is 2.54 bits per heavy atom. The van der Waals surface area contributed by atoms with Crippen molar-refractivity contribution in [2.24, 2.45) is 0 Å². The summed E-state index contributed by atoms with van der Waals surface area (Å²) in [5, 5.41) is 12.4. The van der Waals surface area contributed by atoms with Gasteiger partial charge in [0.25, 0.3) is 5.91 Å². The van der Waals surface area contributed by atoms with Crippen LogP contribution in [0.3, 0.4) is 0 Å². The fourth-order valence-electron chi connectivity index (χ4n) is 3.78. The molecule has 9 heteroatoms. The Morgan fingerprint density at radius 1 is 1.23 bits per heavy atom. The standard InChI is InChI=1S/C26H27F2N3O4/c1-15-8-9-22(29-12-15)31-17(13-32)14-34-23-18(6-5-7-21(23)31)25(33)30-16-10-19(27)24(20(28)11-16)35-26(2,3)4/h5-12,17,32H,13-14H2,1-4H3,(H,30,33)/t17-/m0/s1. The molecule has 0 saturated carbocycles. The molecular weight excluding hydrogens is 456 g/mol. The number of benzene rings is 2. The quantitative estimate of drug-likeness (QED) is 0.532. The molecule has 2 aromatic carbocycles. The van der Waals surface area contributed by atoms with Crippen molar-refractivity contribution in [2.75, 3.05) is 23.4 Å². The van der Waals surface area contributed by atoms with E-state index in [-0.39, 0.29) is 30.2 Å². The Morgan fingerprint density at radius 2 is 1.94 bits per heavy atom. The third-order valence-corrected chi connectivity index (χ3v) is 5.30. The highest BCUT2D eigenvalue weighted by Crippen LogP contribution is 2.41. The van der Waals surface area contributed by atoms with Gasteiger partial charge in [0.1, 0.15) is 18.0 Å². The zero-order chi connectivity index (χ0) is 25.3. The van der Waals surface area contributed by atoms with Crippen molar-refractivity contribution in [1.29, 1.82) is 0 Å². The minimum atomic E-state index is -0.927. The average molecular weight is 484 g/mol. The van der Waals surface area contributed by atoms with Crippen molar-refractivity contribution in [3.8, 4) is 11.5 Å². The lowest BCUT2D eigenvalue weighted by Gasteiger charge is -2.37. The summed E-state index contributed by atoms with van der Waals surface area (Å²) in [5.41, 5.74) is 0.842. The molecule has 0 aliphatic carbocycles. The van der Waals surface area contributed by atoms with Crippen LogP contribution in [0.2, 0.25) is 0 Å². The Hall–Kier alpha value is -3.72. The lowest BCUT2D eigenvalue weighted by Crippen LogP contribution is -2.43. The van der Waals surface area contributed by atoms with Crippen LogP contribution in [0.1, 0.15) is 36.7 Å². The van der Waals surface area contributed by atoms with Crippen LogP contribution in [-0.2, 0) is 0 Å².